The minimum absolute atomic E-state index is 0.0563. The van der Waals surface area contributed by atoms with Crippen LogP contribution in [0, 0.1) is 0 Å². The van der Waals surface area contributed by atoms with Gasteiger partial charge < -0.3 is 9.47 Å². The maximum Gasteiger partial charge on any atom is 0.271 e. The Hall–Kier alpha value is -3.20. The second kappa shape index (κ2) is 10.8. The summed E-state index contributed by atoms with van der Waals surface area (Å²) in [4.78, 5) is 19.8. The third-order valence-corrected chi connectivity index (χ3v) is 9.05. The predicted octanol–water partition coefficient (Wildman–Crippen LogP) is 6.42. The van der Waals surface area contributed by atoms with E-state index in [9.17, 15) is 4.79 Å². The quantitative estimate of drug-likeness (QED) is 0.224. The van der Waals surface area contributed by atoms with Crippen molar-refractivity contribution >= 4 is 55.0 Å². The van der Waals surface area contributed by atoms with Crippen molar-refractivity contribution in [3.63, 3.8) is 0 Å². The number of halogens is 2. The number of benzene rings is 3. The summed E-state index contributed by atoms with van der Waals surface area (Å²) in [5.41, 5.74) is 6.46. The first-order valence-corrected chi connectivity index (χ1v) is 14.9. The Kier molecular flexibility index (Phi) is 7.18. The molecule has 196 valence electrons. The number of aryl methyl sites for hydroxylation is 1. The average Bonchev–Trinajstić information content (AvgIpc) is 3.25. The number of rotatable bonds is 6. The lowest BCUT2D eigenvalue weighted by atomic mass is 9.83. The number of aromatic nitrogens is 1. The number of thiazole rings is 1. The Bertz CT molecular complexity index is 1820. The van der Waals surface area contributed by atoms with Gasteiger partial charge in [-0.1, -0.05) is 76.3 Å². The van der Waals surface area contributed by atoms with Crippen LogP contribution in [-0.4, -0.2) is 18.3 Å². The van der Waals surface area contributed by atoms with E-state index in [2.05, 4.69) is 74.8 Å². The van der Waals surface area contributed by atoms with Gasteiger partial charge in [0.05, 0.1) is 27.9 Å². The predicted molar refractivity (Wildman–Crippen MR) is 163 cm³/mol. The standard InChI is InChI=1S/C31H24Br2N2O3S/c1-3-14-38-29-24(33)15-18(16-25(29)37-2)17-26-30(36)35-28(20-8-11-21(32)12-9-20)23-13-10-19-6-4-5-7-22(19)27(23)34-31(35)39-26/h3-9,11-12,15-17,28H,1,10,13-14H2,2H3/b26-17-/t28-/m1/s1. The third-order valence-electron chi connectivity index (χ3n) is 6.95. The zero-order chi connectivity index (χ0) is 27.1. The minimum atomic E-state index is -0.212. The van der Waals surface area contributed by atoms with E-state index in [4.69, 9.17) is 14.5 Å². The van der Waals surface area contributed by atoms with Crippen molar-refractivity contribution in [1.82, 2.24) is 4.57 Å². The molecule has 0 spiro atoms. The van der Waals surface area contributed by atoms with Gasteiger partial charge in [-0.15, -0.1) is 0 Å². The SMILES string of the molecule is C=CCOc1c(Br)cc(/C=c2\sc3n(c2=O)[C@H](c2ccc(Br)cc2)C2=C(N=3)c3ccccc3CC2)cc1OC. The van der Waals surface area contributed by atoms with Crippen LogP contribution in [0.1, 0.15) is 34.7 Å². The van der Waals surface area contributed by atoms with Crippen molar-refractivity contribution in [2.45, 2.75) is 18.9 Å². The Morgan fingerprint density at radius 3 is 2.69 bits per heavy atom. The normalized spacial score (nSPS) is 16.2. The molecule has 0 saturated carbocycles. The molecule has 5 nitrogen and oxygen atoms in total. The van der Waals surface area contributed by atoms with E-state index in [0.29, 0.717) is 27.4 Å². The first-order valence-electron chi connectivity index (χ1n) is 12.5. The molecule has 0 amide bonds. The summed E-state index contributed by atoms with van der Waals surface area (Å²) in [5.74, 6) is 1.17. The number of methoxy groups -OCH3 is 1. The zero-order valence-electron chi connectivity index (χ0n) is 21.1. The first kappa shape index (κ1) is 26.0. The van der Waals surface area contributed by atoms with Crippen LogP contribution in [0.4, 0.5) is 0 Å². The average molecular weight is 664 g/mol. The lowest BCUT2D eigenvalue weighted by molar-refractivity contribution is 0.324. The first-order chi connectivity index (χ1) is 19.0. The molecule has 2 aliphatic rings. The molecule has 8 heteroatoms. The molecule has 0 bridgehead atoms. The van der Waals surface area contributed by atoms with Gasteiger partial charge in [-0.2, -0.15) is 0 Å². The summed E-state index contributed by atoms with van der Waals surface area (Å²) in [6.07, 6.45) is 5.36. The molecule has 1 aromatic heterocycles. The lowest BCUT2D eigenvalue weighted by Gasteiger charge is -2.30. The summed E-state index contributed by atoms with van der Waals surface area (Å²) in [7, 11) is 1.60. The van der Waals surface area contributed by atoms with Gasteiger partial charge in [0.2, 0.25) is 0 Å². The van der Waals surface area contributed by atoms with Gasteiger partial charge in [0.1, 0.15) is 6.61 Å². The van der Waals surface area contributed by atoms with Gasteiger partial charge in [-0.05, 0) is 81.4 Å². The molecule has 0 unspecified atom stereocenters. The molecular formula is C31H24Br2N2O3S. The van der Waals surface area contributed by atoms with E-state index in [1.165, 1.54) is 22.5 Å². The van der Waals surface area contributed by atoms with Crippen LogP contribution in [0.3, 0.4) is 0 Å². The Labute approximate surface area is 246 Å². The number of ether oxygens (including phenoxy) is 2. The second-order valence-corrected chi connectivity index (χ2v) is 12.1. The number of allylic oxidation sites excluding steroid dienone is 1. The highest BCUT2D eigenvalue weighted by Gasteiger charge is 2.32. The molecule has 3 aromatic carbocycles. The van der Waals surface area contributed by atoms with Gasteiger partial charge in [0.25, 0.3) is 5.56 Å². The monoisotopic (exact) mass is 662 g/mol. The van der Waals surface area contributed by atoms with Crippen LogP contribution in [0.2, 0.25) is 0 Å². The fourth-order valence-corrected chi connectivity index (χ4v) is 7.06. The van der Waals surface area contributed by atoms with Crippen LogP contribution < -0.4 is 24.4 Å². The number of fused-ring (bicyclic) bond motifs is 3. The fraction of sp³-hybridized carbons (Fsp3) is 0.161. The molecule has 6 rings (SSSR count). The van der Waals surface area contributed by atoms with Gasteiger partial charge >= 0.3 is 0 Å². The number of hydrogen-bond donors (Lipinski definition) is 0. The minimum Gasteiger partial charge on any atom is -0.493 e. The van der Waals surface area contributed by atoms with E-state index in [0.717, 1.165) is 44.2 Å². The zero-order valence-corrected chi connectivity index (χ0v) is 25.1. The molecule has 39 heavy (non-hydrogen) atoms. The van der Waals surface area contributed by atoms with Gasteiger partial charge in [0, 0.05) is 10.0 Å². The number of hydrogen-bond acceptors (Lipinski definition) is 5. The molecule has 0 saturated heterocycles. The van der Waals surface area contributed by atoms with Crippen LogP contribution in [0.15, 0.2) is 97.6 Å². The summed E-state index contributed by atoms with van der Waals surface area (Å²) in [6.45, 7) is 4.07. The number of nitrogens with zero attached hydrogens (tertiary/aromatic N) is 2. The smallest absolute Gasteiger partial charge is 0.271 e. The van der Waals surface area contributed by atoms with Crippen molar-refractivity contribution in [1.29, 1.82) is 0 Å². The van der Waals surface area contributed by atoms with Crippen molar-refractivity contribution in [3.05, 3.63) is 130 Å². The van der Waals surface area contributed by atoms with E-state index < -0.39 is 0 Å². The Morgan fingerprint density at radius 2 is 1.92 bits per heavy atom. The van der Waals surface area contributed by atoms with Crippen molar-refractivity contribution in [2.75, 3.05) is 13.7 Å². The Morgan fingerprint density at radius 1 is 1.13 bits per heavy atom. The van der Waals surface area contributed by atoms with Crippen LogP contribution >= 0.6 is 43.2 Å². The summed E-state index contributed by atoms with van der Waals surface area (Å²) < 4.78 is 15.6. The Balaban J connectivity index is 1.55. The second-order valence-electron chi connectivity index (χ2n) is 9.30. The highest BCUT2D eigenvalue weighted by atomic mass is 79.9. The maximum atomic E-state index is 14.0. The van der Waals surface area contributed by atoms with E-state index in [-0.39, 0.29) is 11.6 Å². The van der Waals surface area contributed by atoms with E-state index in [1.54, 1.807) is 13.2 Å². The fourth-order valence-electron chi connectivity index (χ4n) is 5.22. The topological polar surface area (TPSA) is 52.8 Å². The lowest BCUT2D eigenvalue weighted by Crippen LogP contribution is -2.38. The van der Waals surface area contributed by atoms with Crippen LogP contribution in [0.25, 0.3) is 11.8 Å². The van der Waals surface area contributed by atoms with Gasteiger partial charge in [-0.25, -0.2) is 4.99 Å². The summed E-state index contributed by atoms with van der Waals surface area (Å²) in [5, 5.41) is 0. The summed E-state index contributed by atoms with van der Waals surface area (Å²) in [6, 6.07) is 20.3. The molecule has 2 heterocycles. The van der Waals surface area contributed by atoms with Crippen LogP contribution in [0.5, 0.6) is 11.5 Å². The molecular weight excluding hydrogens is 640 g/mol. The molecule has 4 aromatic rings. The van der Waals surface area contributed by atoms with Crippen LogP contribution in [-0.2, 0) is 6.42 Å². The van der Waals surface area contributed by atoms with Crippen molar-refractivity contribution in [3.8, 4) is 11.5 Å². The van der Waals surface area contributed by atoms with Crippen molar-refractivity contribution in [2.24, 2.45) is 4.99 Å². The molecule has 0 radical (unpaired) electrons. The summed E-state index contributed by atoms with van der Waals surface area (Å²) >= 11 is 8.56. The molecule has 1 atom stereocenters. The van der Waals surface area contributed by atoms with Gasteiger partial charge in [-0.3, -0.25) is 9.36 Å². The highest BCUT2D eigenvalue weighted by Crippen LogP contribution is 2.41. The largest absolute Gasteiger partial charge is 0.493 e. The highest BCUT2D eigenvalue weighted by molar-refractivity contribution is 9.10. The molecule has 0 N–H and O–H groups in total. The maximum absolute atomic E-state index is 14.0. The van der Waals surface area contributed by atoms with E-state index in [1.807, 2.05) is 34.9 Å². The molecule has 0 fully saturated rings. The van der Waals surface area contributed by atoms with Gasteiger partial charge in [0.15, 0.2) is 16.3 Å². The molecule has 1 aliphatic heterocycles. The van der Waals surface area contributed by atoms with E-state index >= 15 is 0 Å². The van der Waals surface area contributed by atoms with Crippen molar-refractivity contribution < 1.29 is 9.47 Å². The molecule has 1 aliphatic carbocycles. The third kappa shape index (κ3) is 4.75.